The lowest BCUT2D eigenvalue weighted by Crippen LogP contribution is -2.52. The van der Waals surface area contributed by atoms with E-state index in [1.54, 1.807) is 0 Å². The molecule has 2 rings (SSSR count). The van der Waals surface area contributed by atoms with Crippen LogP contribution in [-0.4, -0.2) is 12.5 Å². The molecule has 1 aliphatic carbocycles. The largest absolute Gasteiger partial charge is 0.346 e. The Kier molecular flexibility index (Phi) is 3.48. The number of carbonyl (C=O) groups excluding carboxylic acids is 1. The Labute approximate surface area is 102 Å². The van der Waals surface area contributed by atoms with Gasteiger partial charge in [0.1, 0.15) is 0 Å². The summed E-state index contributed by atoms with van der Waals surface area (Å²) >= 11 is 0. The predicted molar refractivity (Wildman–Crippen MR) is 68.3 cm³/mol. The van der Waals surface area contributed by atoms with E-state index < -0.39 is 0 Å². The number of nitrogens with one attached hydrogen (secondary N) is 1. The molecule has 92 valence electrons. The number of rotatable bonds is 4. The second-order valence-electron chi connectivity index (χ2n) is 4.93. The third-order valence-corrected chi connectivity index (χ3v) is 3.70. The van der Waals surface area contributed by atoms with E-state index in [1.165, 1.54) is 12.0 Å². The second kappa shape index (κ2) is 4.88. The van der Waals surface area contributed by atoms with Gasteiger partial charge in [0.15, 0.2) is 0 Å². The van der Waals surface area contributed by atoms with Crippen LogP contribution in [0.15, 0.2) is 30.3 Å². The molecule has 0 heterocycles. The number of benzene rings is 1. The third kappa shape index (κ3) is 2.34. The smallest absolute Gasteiger partial charge is 0.224 e. The Hall–Kier alpha value is -1.35. The zero-order valence-electron chi connectivity index (χ0n) is 10.3. The molecule has 17 heavy (non-hydrogen) atoms. The Balaban J connectivity index is 2.13. The third-order valence-electron chi connectivity index (χ3n) is 3.70. The van der Waals surface area contributed by atoms with Crippen molar-refractivity contribution in [3.05, 3.63) is 35.9 Å². The number of amides is 1. The lowest BCUT2D eigenvalue weighted by molar-refractivity contribution is -0.127. The zero-order valence-corrected chi connectivity index (χ0v) is 10.3. The number of carbonyl (C=O) groups is 1. The van der Waals surface area contributed by atoms with Gasteiger partial charge < -0.3 is 11.1 Å². The Morgan fingerprint density at radius 2 is 2.06 bits per heavy atom. The van der Waals surface area contributed by atoms with Crippen molar-refractivity contribution < 1.29 is 4.79 Å². The standard InChI is InChI=1S/C14H20N2O/c1-11(10-15)13(17)16-14(8-5-9-14)12-6-3-2-4-7-12/h2-4,6-7,11H,5,8-10,15H2,1H3,(H,16,17). The predicted octanol–water partition coefficient (Wildman–Crippen LogP) is 1.78. The first-order valence-electron chi connectivity index (χ1n) is 6.25. The van der Waals surface area contributed by atoms with Crippen LogP contribution in [0.3, 0.4) is 0 Å². The fourth-order valence-electron chi connectivity index (χ4n) is 2.24. The maximum absolute atomic E-state index is 12.0. The van der Waals surface area contributed by atoms with Crippen LogP contribution < -0.4 is 11.1 Å². The van der Waals surface area contributed by atoms with Crippen molar-refractivity contribution >= 4 is 5.91 Å². The molecule has 0 spiro atoms. The highest BCUT2D eigenvalue weighted by Crippen LogP contribution is 2.41. The summed E-state index contributed by atoms with van der Waals surface area (Å²) in [6.45, 7) is 2.27. The fourth-order valence-corrected chi connectivity index (χ4v) is 2.24. The molecule has 0 aromatic heterocycles. The van der Waals surface area contributed by atoms with Crippen molar-refractivity contribution in [2.24, 2.45) is 11.7 Å². The van der Waals surface area contributed by atoms with Crippen LogP contribution in [0.4, 0.5) is 0 Å². The molecule has 1 fully saturated rings. The van der Waals surface area contributed by atoms with Gasteiger partial charge in [0, 0.05) is 12.5 Å². The van der Waals surface area contributed by atoms with Gasteiger partial charge in [-0.2, -0.15) is 0 Å². The average Bonchev–Trinajstić information content (AvgIpc) is 2.33. The summed E-state index contributed by atoms with van der Waals surface area (Å²) in [5.41, 5.74) is 6.60. The molecule has 0 radical (unpaired) electrons. The molecule has 0 saturated heterocycles. The summed E-state index contributed by atoms with van der Waals surface area (Å²) in [5.74, 6) is -0.0489. The lowest BCUT2D eigenvalue weighted by Gasteiger charge is -2.43. The van der Waals surface area contributed by atoms with Gasteiger partial charge in [-0.25, -0.2) is 0 Å². The molecule has 0 aliphatic heterocycles. The molecule has 1 atom stereocenters. The van der Waals surface area contributed by atoms with Crippen LogP contribution in [0.2, 0.25) is 0 Å². The topological polar surface area (TPSA) is 55.1 Å². The molecule has 1 saturated carbocycles. The Morgan fingerprint density at radius 1 is 1.41 bits per heavy atom. The van der Waals surface area contributed by atoms with Crippen molar-refractivity contribution in [1.29, 1.82) is 0 Å². The van der Waals surface area contributed by atoms with E-state index in [1.807, 2.05) is 25.1 Å². The van der Waals surface area contributed by atoms with E-state index in [2.05, 4.69) is 17.4 Å². The van der Waals surface area contributed by atoms with E-state index in [0.717, 1.165) is 12.8 Å². The summed E-state index contributed by atoms with van der Waals surface area (Å²) in [7, 11) is 0. The average molecular weight is 232 g/mol. The van der Waals surface area contributed by atoms with Gasteiger partial charge in [-0.3, -0.25) is 4.79 Å². The van der Waals surface area contributed by atoms with E-state index in [0.29, 0.717) is 6.54 Å². The van der Waals surface area contributed by atoms with Crippen molar-refractivity contribution in [1.82, 2.24) is 5.32 Å². The Morgan fingerprint density at radius 3 is 2.53 bits per heavy atom. The molecular weight excluding hydrogens is 212 g/mol. The van der Waals surface area contributed by atoms with Gasteiger partial charge in [0.05, 0.1) is 5.54 Å². The summed E-state index contributed by atoms with van der Waals surface area (Å²) < 4.78 is 0. The quantitative estimate of drug-likeness (QED) is 0.831. The molecule has 1 aromatic carbocycles. The van der Waals surface area contributed by atoms with E-state index >= 15 is 0 Å². The van der Waals surface area contributed by atoms with Crippen LogP contribution in [-0.2, 0) is 10.3 Å². The van der Waals surface area contributed by atoms with Gasteiger partial charge in [0.25, 0.3) is 0 Å². The molecule has 1 unspecified atom stereocenters. The van der Waals surface area contributed by atoms with E-state index in [9.17, 15) is 4.79 Å². The molecule has 0 bridgehead atoms. The molecule has 3 heteroatoms. The molecule has 1 aromatic rings. The lowest BCUT2D eigenvalue weighted by atomic mass is 9.71. The van der Waals surface area contributed by atoms with Crippen LogP contribution in [0.5, 0.6) is 0 Å². The Bertz CT molecular complexity index is 384. The first-order chi connectivity index (χ1) is 8.18. The summed E-state index contributed by atoms with van der Waals surface area (Å²) in [5, 5.41) is 3.18. The minimum Gasteiger partial charge on any atom is -0.346 e. The maximum atomic E-state index is 12.0. The first kappa shape index (κ1) is 12.1. The molecular formula is C14H20N2O. The monoisotopic (exact) mass is 232 g/mol. The maximum Gasteiger partial charge on any atom is 0.224 e. The highest BCUT2D eigenvalue weighted by Gasteiger charge is 2.40. The zero-order chi connectivity index (χ0) is 12.3. The summed E-state index contributed by atoms with van der Waals surface area (Å²) in [4.78, 5) is 12.0. The number of nitrogens with two attached hydrogens (primary N) is 1. The number of hydrogen-bond donors (Lipinski definition) is 2. The number of hydrogen-bond acceptors (Lipinski definition) is 2. The summed E-state index contributed by atoms with van der Waals surface area (Å²) in [6, 6.07) is 10.2. The van der Waals surface area contributed by atoms with Crippen molar-refractivity contribution in [3.8, 4) is 0 Å². The van der Waals surface area contributed by atoms with Crippen LogP contribution in [0.1, 0.15) is 31.7 Å². The van der Waals surface area contributed by atoms with Gasteiger partial charge >= 0.3 is 0 Å². The molecule has 3 nitrogen and oxygen atoms in total. The molecule has 1 amide bonds. The molecule has 3 N–H and O–H groups in total. The van der Waals surface area contributed by atoms with Gasteiger partial charge in [-0.1, -0.05) is 37.3 Å². The van der Waals surface area contributed by atoms with Gasteiger partial charge in [-0.05, 0) is 24.8 Å². The van der Waals surface area contributed by atoms with E-state index in [4.69, 9.17) is 5.73 Å². The SMILES string of the molecule is CC(CN)C(=O)NC1(c2ccccc2)CCC1. The van der Waals surface area contributed by atoms with Crippen LogP contribution >= 0.6 is 0 Å². The first-order valence-corrected chi connectivity index (χ1v) is 6.25. The van der Waals surface area contributed by atoms with Crippen molar-refractivity contribution in [2.45, 2.75) is 31.7 Å². The van der Waals surface area contributed by atoms with Crippen LogP contribution in [0, 0.1) is 5.92 Å². The normalized spacial score (nSPS) is 19.2. The second-order valence-corrected chi connectivity index (χ2v) is 4.93. The van der Waals surface area contributed by atoms with Gasteiger partial charge in [-0.15, -0.1) is 0 Å². The minimum absolute atomic E-state index is 0.0658. The van der Waals surface area contributed by atoms with Crippen molar-refractivity contribution in [2.75, 3.05) is 6.54 Å². The highest BCUT2D eigenvalue weighted by atomic mass is 16.2. The van der Waals surface area contributed by atoms with Gasteiger partial charge in [0.2, 0.25) is 5.91 Å². The highest BCUT2D eigenvalue weighted by molar-refractivity contribution is 5.79. The van der Waals surface area contributed by atoms with Crippen molar-refractivity contribution in [3.63, 3.8) is 0 Å². The minimum atomic E-state index is -0.137. The molecule has 1 aliphatic rings. The fraction of sp³-hybridized carbons (Fsp3) is 0.500. The summed E-state index contributed by atoms with van der Waals surface area (Å²) in [6.07, 6.45) is 3.23. The van der Waals surface area contributed by atoms with Crippen LogP contribution in [0.25, 0.3) is 0 Å². The van der Waals surface area contributed by atoms with E-state index in [-0.39, 0.29) is 17.4 Å².